The summed E-state index contributed by atoms with van der Waals surface area (Å²) in [4.78, 5) is 12.6. The summed E-state index contributed by atoms with van der Waals surface area (Å²) in [6, 6.07) is 13.0. The van der Waals surface area contributed by atoms with Crippen molar-refractivity contribution in [3.05, 3.63) is 47.5 Å². The van der Waals surface area contributed by atoms with Gasteiger partial charge in [0.2, 0.25) is 0 Å². The molecule has 2 aliphatic carbocycles. The van der Waals surface area contributed by atoms with Gasteiger partial charge in [-0.05, 0) is 36.2 Å². The van der Waals surface area contributed by atoms with Crippen LogP contribution in [0.25, 0.3) is 0 Å². The lowest BCUT2D eigenvalue weighted by Gasteiger charge is -2.52. The van der Waals surface area contributed by atoms with Gasteiger partial charge in [-0.3, -0.25) is 4.79 Å². The molecule has 0 amide bonds. The molecule has 0 saturated heterocycles. The first-order chi connectivity index (χ1) is 11.4. The van der Waals surface area contributed by atoms with Crippen LogP contribution >= 0.6 is 0 Å². The maximum absolute atomic E-state index is 12.6. The number of hydrogen-bond donors (Lipinski definition) is 1. The topological polar surface area (TPSA) is 52.9 Å². The smallest absolute Gasteiger partial charge is 0.178 e. The number of benzene rings is 1. The van der Waals surface area contributed by atoms with Crippen molar-refractivity contribution in [2.24, 2.45) is 16.7 Å². The van der Waals surface area contributed by atoms with Crippen molar-refractivity contribution in [3.8, 4) is 6.07 Å². The van der Waals surface area contributed by atoms with Crippen molar-refractivity contribution in [1.29, 1.82) is 5.26 Å². The molecule has 24 heavy (non-hydrogen) atoms. The van der Waals surface area contributed by atoms with E-state index in [1.54, 1.807) is 0 Å². The Morgan fingerprint density at radius 3 is 2.58 bits per heavy atom. The maximum Gasteiger partial charge on any atom is 0.178 e. The molecule has 0 radical (unpaired) electrons. The second-order valence-electron chi connectivity index (χ2n) is 8.12. The molecule has 1 aromatic rings. The fourth-order valence-electron chi connectivity index (χ4n) is 4.83. The Balaban J connectivity index is 1.77. The van der Waals surface area contributed by atoms with E-state index in [4.69, 9.17) is 0 Å². The highest BCUT2D eigenvalue weighted by Crippen LogP contribution is 2.55. The summed E-state index contributed by atoms with van der Waals surface area (Å²) in [5.74, 6) is 0.326. The zero-order chi connectivity index (χ0) is 17.4. The zero-order valence-corrected chi connectivity index (χ0v) is 14.8. The fourth-order valence-corrected chi connectivity index (χ4v) is 4.83. The SMILES string of the molecule is CC1(C)C(=O)C(C#N)=C[C@]2(C)C[C@@H](NCc3ccccc3)CC[C@@H]12. The molecule has 1 fully saturated rings. The van der Waals surface area contributed by atoms with Crippen molar-refractivity contribution in [2.75, 3.05) is 0 Å². The second-order valence-corrected chi connectivity index (χ2v) is 8.12. The third-order valence-electron chi connectivity index (χ3n) is 6.02. The van der Waals surface area contributed by atoms with Gasteiger partial charge in [-0.2, -0.15) is 5.26 Å². The quantitative estimate of drug-likeness (QED) is 0.915. The highest BCUT2D eigenvalue weighted by atomic mass is 16.1. The Hall–Kier alpha value is -1.92. The number of allylic oxidation sites excluding steroid dienone is 2. The lowest BCUT2D eigenvalue weighted by atomic mass is 9.52. The van der Waals surface area contributed by atoms with Crippen LogP contribution in [0.1, 0.15) is 45.6 Å². The summed E-state index contributed by atoms with van der Waals surface area (Å²) in [5.41, 5.74) is 1.10. The van der Waals surface area contributed by atoms with Crippen LogP contribution < -0.4 is 5.32 Å². The fraction of sp³-hybridized carbons (Fsp3) is 0.524. The minimum atomic E-state index is -0.445. The molecule has 1 saturated carbocycles. The number of ketones is 1. The molecule has 0 aliphatic heterocycles. The van der Waals surface area contributed by atoms with Crippen LogP contribution in [0, 0.1) is 28.1 Å². The van der Waals surface area contributed by atoms with Crippen molar-refractivity contribution in [3.63, 3.8) is 0 Å². The summed E-state index contributed by atoms with van der Waals surface area (Å²) >= 11 is 0. The van der Waals surface area contributed by atoms with Crippen molar-refractivity contribution in [1.82, 2.24) is 5.32 Å². The van der Waals surface area contributed by atoms with Crippen LogP contribution in [0.5, 0.6) is 0 Å². The minimum absolute atomic E-state index is 0.0168. The molecular formula is C21H26N2O. The molecule has 3 atom stereocenters. The van der Waals surface area contributed by atoms with Gasteiger partial charge in [0.1, 0.15) is 6.07 Å². The molecule has 126 valence electrons. The predicted molar refractivity (Wildman–Crippen MR) is 95.0 cm³/mol. The summed E-state index contributed by atoms with van der Waals surface area (Å²) in [6.45, 7) is 7.11. The van der Waals surface area contributed by atoms with E-state index in [2.05, 4.69) is 42.6 Å². The Labute approximate surface area is 144 Å². The van der Waals surface area contributed by atoms with Gasteiger partial charge in [-0.25, -0.2) is 0 Å². The first-order valence-electron chi connectivity index (χ1n) is 8.82. The Morgan fingerprint density at radius 1 is 1.21 bits per heavy atom. The molecule has 1 N–H and O–H groups in total. The van der Waals surface area contributed by atoms with E-state index in [-0.39, 0.29) is 11.2 Å². The van der Waals surface area contributed by atoms with Crippen molar-refractivity contribution in [2.45, 2.75) is 52.6 Å². The van der Waals surface area contributed by atoms with Crippen molar-refractivity contribution >= 4 is 5.78 Å². The van der Waals surface area contributed by atoms with Gasteiger partial charge >= 0.3 is 0 Å². The third kappa shape index (κ3) is 2.91. The highest BCUT2D eigenvalue weighted by molar-refractivity contribution is 6.04. The number of fused-ring (bicyclic) bond motifs is 1. The van der Waals surface area contributed by atoms with Crippen LogP contribution in [-0.4, -0.2) is 11.8 Å². The molecule has 0 spiro atoms. The predicted octanol–water partition coefficient (Wildman–Crippen LogP) is 4.01. The number of hydrogen-bond acceptors (Lipinski definition) is 3. The summed E-state index contributed by atoms with van der Waals surface area (Å²) < 4.78 is 0. The lowest BCUT2D eigenvalue weighted by Crippen LogP contribution is -2.52. The van der Waals surface area contributed by atoms with Gasteiger partial charge in [0.15, 0.2) is 5.78 Å². The van der Waals surface area contributed by atoms with Gasteiger partial charge in [-0.1, -0.05) is 57.2 Å². The number of Topliss-reactive ketones (excluding diaryl/α,β-unsaturated/α-hetero) is 1. The average Bonchev–Trinajstić information content (AvgIpc) is 2.57. The largest absolute Gasteiger partial charge is 0.310 e. The van der Waals surface area contributed by atoms with Gasteiger partial charge in [-0.15, -0.1) is 0 Å². The monoisotopic (exact) mass is 322 g/mol. The Bertz CT molecular complexity index is 698. The lowest BCUT2D eigenvalue weighted by molar-refractivity contribution is -0.131. The molecule has 0 bridgehead atoms. The normalized spacial score (nSPS) is 31.8. The van der Waals surface area contributed by atoms with Crippen molar-refractivity contribution < 1.29 is 4.79 Å². The van der Waals surface area contributed by atoms with Gasteiger partial charge in [0.25, 0.3) is 0 Å². The van der Waals surface area contributed by atoms with E-state index in [9.17, 15) is 10.1 Å². The molecule has 2 aliphatic rings. The summed E-state index contributed by atoms with van der Waals surface area (Å²) in [5, 5.41) is 13.0. The zero-order valence-electron chi connectivity index (χ0n) is 14.8. The van der Waals surface area contributed by atoms with E-state index in [0.29, 0.717) is 17.5 Å². The number of rotatable bonds is 3. The van der Waals surface area contributed by atoms with Crippen LogP contribution in [0.3, 0.4) is 0 Å². The minimum Gasteiger partial charge on any atom is -0.310 e. The molecule has 0 aromatic heterocycles. The molecule has 3 heteroatoms. The maximum atomic E-state index is 12.6. The molecule has 1 aromatic carbocycles. The van der Waals surface area contributed by atoms with Gasteiger partial charge in [0, 0.05) is 18.0 Å². The van der Waals surface area contributed by atoms with Crippen LogP contribution in [0.4, 0.5) is 0 Å². The standard InChI is InChI=1S/C21H26N2O/c1-20(2)18-10-9-17(23-14-15-7-5-4-6-8-15)12-21(18,3)11-16(13-22)19(20)24/h4-8,11,17-18,23H,9-10,12,14H2,1-3H3/t17-,18-,21+/m0/s1. The highest BCUT2D eigenvalue weighted by Gasteiger charge is 2.53. The molecule has 3 rings (SSSR count). The number of nitrogens with zero attached hydrogens (tertiary/aromatic N) is 1. The third-order valence-corrected chi connectivity index (χ3v) is 6.02. The molecular weight excluding hydrogens is 296 g/mol. The Kier molecular flexibility index (Phi) is 4.36. The first-order valence-corrected chi connectivity index (χ1v) is 8.82. The number of carbonyl (C=O) groups excluding carboxylic acids is 1. The van der Waals surface area contributed by atoms with E-state index in [0.717, 1.165) is 25.8 Å². The molecule has 0 unspecified atom stereocenters. The number of carbonyl (C=O) groups is 1. The van der Waals surface area contributed by atoms with Crippen LogP contribution in [0.15, 0.2) is 42.0 Å². The number of nitrogens with one attached hydrogen (secondary N) is 1. The van der Waals surface area contributed by atoms with E-state index >= 15 is 0 Å². The average molecular weight is 322 g/mol. The van der Waals surface area contributed by atoms with E-state index in [1.807, 2.05) is 26.0 Å². The van der Waals surface area contributed by atoms with Gasteiger partial charge < -0.3 is 5.32 Å². The summed E-state index contributed by atoms with van der Waals surface area (Å²) in [6.07, 6.45) is 5.05. The van der Waals surface area contributed by atoms with E-state index < -0.39 is 5.41 Å². The van der Waals surface area contributed by atoms with E-state index in [1.165, 1.54) is 5.56 Å². The van der Waals surface area contributed by atoms with Crippen LogP contribution in [-0.2, 0) is 11.3 Å². The molecule has 3 nitrogen and oxygen atoms in total. The van der Waals surface area contributed by atoms with Gasteiger partial charge in [0.05, 0.1) is 5.57 Å². The van der Waals surface area contributed by atoms with Crippen LogP contribution in [0.2, 0.25) is 0 Å². The summed E-state index contributed by atoms with van der Waals surface area (Å²) in [7, 11) is 0. The second kappa shape index (κ2) is 6.18. The number of nitriles is 1. The first kappa shape index (κ1) is 16.9. The molecule has 0 heterocycles. The Morgan fingerprint density at radius 2 is 1.92 bits per heavy atom.